The van der Waals surface area contributed by atoms with Crippen LogP contribution >= 0.6 is 0 Å². The van der Waals surface area contributed by atoms with Crippen LogP contribution in [-0.4, -0.2) is 0 Å². The first kappa shape index (κ1) is 22.5. The van der Waals surface area contributed by atoms with Crippen LogP contribution in [0.4, 0.5) is 0 Å². The molecule has 0 amide bonds. The molecule has 0 atom stereocenters. The molecular weight excluding hydrogens is 295 g/mol. The molecule has 0 bridgehead atoms. The van der Waals surface area contributed by atoms with Crippen molar-refractivity contribution in [2.45, 2.75) is 6.42 Å². The van der Waals surface area contributed by atoms with Gasteiger partial charge in [0.1, 0.15) is 0 Å². The van der Waals surface area contributed by atoms with Gasteiger partial charge in [0.25, 0.3) is 0 Å². The van der Waals surface area contributed by atoms with Gasteiger partial charge in [-0.1, -0.05) is 0 Å². The van der Waals surface area contributed by atoms with Crippen molar-refractivity contribution in [2.24, 2.45) is 0 Å². The Bertz CT molecular complexity index is 110. The van der Waals surface area contributed by atoms with Crippen LogP contribution in [0.15, 0.2) is 22.0 Å². The van der Waals surface area contributed by atoms with E-state index in [2.05, 4.69) is 18.2 Å². The molecule has 0 aromatic heterocycles. The predicted octanol–water partition coefficient (Wildman–Crippen LogP) is -10.6. The van der Waals surface area contributed by atoms with Crippen LogP contribution in [0.2, 0.25) is 0 Å². The summed E-state index contributed by atoms with van der Waals surface area (Å²) in [5.41, 5.74) is 0. The van der Waals surface area contributed by atoms with Crippen molar-refractivity contribution in [3.63, 3.8) is 0 Å². The first-order valence-electron chi connectivity index (χ1n) is 1.94. The number of hydrogen-bond donors (Lipinski definition) is 0. The van der Waals surface area contributed by atoms with Crippen LogP contribution in [0.3, 0.4) is 0 Å². The Labute approximate surface area is 98.5 Å². The van der Waals surface area contributed by atoms with Crippen molar-refractivity contribution in [3.05, 3.63) is 22.0 Å². The SMILES string of the molecule is [Cl-].[Cl-].[Cl-].[Cl-].[Nb+4][C]1=CC=CC1. The van der Waals surface area contributed by atoms with Crippen molar-refractivity contribution in [3.8, 4) is 0 Å². The molecule has 1 aliphatic carbocycles. The molecule has 0 heterocycles. The van der Waals surface area contributed by atoms with Gasteiger partial charge in [-0.3, -0.25) is 0 Å². The third-order valence-corrected chi connectivity index (χ3v) is 1.57. The van der Waals surface area contributed by atoms with Gasteiger partial charge in [-0.05, 0) is 0 Å². The Kier molecular flexibility index (Phi) is 29.3. The van der Waals surface area contributed by atoms with Gasteiger partial charge in [0.15, 0.2) is 0 Å². The molecule has 5 heteroatoms. The molecule has 0 fully saturated rings. The fraction of sp³-hybridized carbons (Fsp3) is 0.200. The van der Waals surface area contributed by atoms with Crippen LogP contribution < -0.4 is 49.6 Å². The zero-order chi connectivity index (χ0) is 4.41. The summed E-state index contributed by atoms with van der Waals surface area (Å²) in [5, 5.41) is 0. The standard InChI is InChI=1S/C5H5.4ClH.Nb/c1-2-4-5-3-1;;;;;/h1-3H,4H2;4*1H;/q;;;;;+4/p-4. The number of rotatable bonds is 0. The molecule has 0 nitrogen and oxygen atoms in total. The van der Waals surface area contributed by atoms with E-state index in [9.17, 15) is 0 Å². The first-order chi connectivity index (χ1) is 2.89. The first-order valence-corrected chi connectivity index (χ1v) is 3.04. The molecule has 0 aromatic rings. The van der Waals surface area contributed by atoms with Crippen molar-refractivity contribution >= 4 is 0 Å². The molecule has 10 heavy (non-hydrogen) atoms. The van der Waals surface area contributed by atoms with E-state index in [1.165, 1.54) is 10.2 Å². The van der Waals surface area contributed by atoms with Gasteiger partial charge < -0.3 is 49.6 Å². The Balaban J connectivity index is -0.0000000450. The number of hydrogen-bond acceptors (Lipinski definition) is 0. The molecule has 1 rings (SSSR count). The maximum absolute atomic E-state index is 2.17. The van der Waals surface area contributed by atoms with Gasteiger partial charge >= 0.3 is 49.5 Å². The third-order valence-electron chi connectivity index (χ3n) is 0.752. The fourth-order valence-electron chi connectivity index (χ4n) is 0.436. The summed E-state index contributed by atoms with van der Waals surface area (Å²) in [6, 6.07) is 0. The second-order valence-electron chi connectivity index (χ2n) is 1.29. The summed E-state index contributed by atoms with van der Waals surface area (Å²) in [6.45, 7) is 0. The van der Waals surface area contributed by atoms with Gasteiger partial charge in [0, 0.05) is 0 Å². The monoisotopic (exact) mass is 298 g/mol. The van der Waals surface area contributed by atoms with E-state index < -0.39 is 0 Å². The maximum atomic E-state index is 2.17. The molecule has 0 radical (unpaired) electrons. The summed E-state index contributed by atoms with van der Waals surface area (Å²) in [4.78, 5) is 0. The number of halogens is 4. The molecule has 0 unspecified atom stereocenters. The third kappa shape index (κ3) is 9.38. The predicted molar refractivity (Wildman–Crippen MR) is 21.8 cm³/mol. The van der Waals surface area contributed by atoms with Crippen LogP contribution in [-0.2, 0) is 21.1 Å². The average molecular weight is 300 g/mol. The van der Waals surface area contributed by atoms with Crippen molar-refractivity contribution < 1.29 is 70.7 Å². The molecule has 0 aliphatic heterocycles. The minimum absolute atomic E-state index is 0. The van der Waals surface area contributed by atoms with Crippen LogP contribution in [0.5, 0.6) is 0 Å². The van der Waals surface area contributed by atoms with Crippen molar-refractivity contribution in [1.82, 2.24) is 0 Å². The Morgan fingerprint density at radius 3 is 1.70 bits per heavy atom. The Morgan fingerprint density at radius 1 is 1.10 bits per heavy atom. The van der Waals surface area contributed by atoms with Crippen molar-refractivity contribution in [2.75, 3.05) is 0 Å². The van der Waals surface area contributed by atoms with Gasteiger partial charge in [-0.2, -0.15) is 0 Å². The van der Waals surface area contributed by atoms with Gasteiger partial charge in [0.2, 0.25) is 0 Å². The van der Waals surface area contributed by atoms with E-state index in [-0.39, 0.29) is 49.6 Å². The van der Waals surface area contributed by atoms with E-state index in [0.29, 0.717) is 0 Å². The second-order valence-corrected chi connectivity index (χ2v) is 2.70. The van der Waals surface area contributed by atoms with Crippen LogP contribution in [0, 0.1) is 0 Å². The summed E-state index contributed by atoms with van der Waals surface area (Å²) >= 11 is 1.82. The van der Waals surface area contributed by atoms with E-state index in [4.69, 9.17) is 0 Å². The van der Waals surface area contributed by atoms with E-state index in [1.807, 2.05) is 21.1 Å². The Hall–Kier alpha value is 1.38. The zero-order valence-corrected chi connectivity index (χ0v) is 10.1. The quantitative estimate of drug-likeness (QED) is 0.390. The van der Waals surface area contributed by atoms with Crippen LogP contribution in [0.25, 0.3) is 0 Å². The zero-order valence-electron chi connectivity index (χ0n) is 4.90. The normalized spacial score (nSPS) is 11.2. The molecular formula is C5H5Cl4Nb. The number of allylic oxidation sites excluding steroid dienone is 4. The van der Waals surface area contributed by atoms with E-state index >= 15 is 0 Å². The minimum atomic E-state index is 0. The molecule has 0 N–H and O–H groups in total. The summed E-state index contributed by atoms with van der Waals surface area (Å²) in [5.74, 6) is 0. The summed E-state index contributed by atoms with van der Waals surface area (Å²) in [6.07, 6.45) is 7.63. The second kappa shape index (κ2) is 13.0. The molecule has 0 spiro atoms. The molecule has 1 aliphatic rings. The van der Waals surface area contributed by atoms with E-state index in [0.717, 1.165) is 0 Å². The topological polar surface area (TPSA) is 0 Å². The Morgan fingerprint density at radius 2 is 1.60 bits per heavy atom. The van der Waals surface area contributed by atoms with Gasteiger partial charge in [-0.15, -0.1) is 0 Å². The van der Waals surface area contributed by atoms with Crippen molar-refractivity contribution in [1.29, 1.82) is 0 Å². The summed E-state index contributed by atoms with van der Waals surface area (Å²) < 4.78 is 1.52. The van der Waals surface area contributed by atoms with Gasteiger partial charge in [-0.25, -0.2) is 0 Å². The van der Waals surface area contributed by atoms with E-state index in [1.54, 1.807) is 0 Å². The van der Waals surface area contributed by atoms with Crippen LogP contribution in [0.1, 0.15) is 6.42 Å². The fourth-order valence-corrected chi connectivity index (χ4v) is 0.907. The molecule has 0 aromatic carbocycles. The van der Waals surface area contributed by atoms with Gasteiger partial charge in [0.05, 0.1) is 0 Å². The molecule has 0 saturated heterocycles. The average Bonchev–Trinajstić information content (AvgIpc) is 1.86. The molecule has 58 valence electrons. The summed E-state index contributed by atoms with van der Waals surface area (Å²) in [7, 11) is 0. The molecule has 0 saturated carbocycles.